The lowest BCUT2D eigenvalue weighted by atomic mass is 10.1. The second-order valence-electron chi connectivity index (χ2n) is 8.36. The molecule has 8 nitrogen and oxygen atoms in total. The van der Waals surface area contributed by atoms with Crippen molar-refractivity contribution in [1.82, 2.24) is 19.7 Å². The Labute approximate surface area is 204 Å². The summed E-state index contributed by atoms with van der Waals surface area (Å²) in [5, 5.41) is 7.13. The molecule has 0 spiro atoms. The fourth-order valence-electron chi connectivity index (χ4n) is 3.82. The summed E-state index contributed by atoms with van der Waals surface area (Å²) in [6.45, 7) is 5.23. The van der Waals surface area contributed by atoms with Crippen LogP contribution in [0.25, 0.3) is 22.5 Å². The first-order valence-electron chi connectivity index (χ1n) is 11.3. The smallest absolute Gasteiger partial charge is 0.418 e. The van der Waals surface area contributed by atoms with Crippen molar-refractivity contribution < 1.29 is 27.2 Å². The van der Waals surface area contributed by atoms with Gasteiger partial charge in [0.25, 0.3) is 5.91 Å². The van der Waals surface area contributed by atoms with Crippen LogP contribution in [0.1, 0.15) is 42.7 Å². The normalized spacial score (nSPS) is 11.8. The SMILES string of the molecule is CCN(CC(=O)Nc1ccccc1C(F)(F)F)C(=O)c1cc(-c2ccco2)nc2c1cnn2C(C)C. The van der Waals surface area contributed by atoms with Crippen molar-refractivity contribution >= 4 is 28.5 Å². The van der Waals surface area contributed by atoms with E-state index in [1.807, 2.05) is 13.8 Å². The molecule has 0 saturated carbocycles. The zero-order chi connectivity index (χ0) is 26.0. The van der Waals surface area contributed by atoms with Gasteiger partial charge in [-0.3, -0.25) is 9.59 Å². The maximum atomic E-state index is 13.6. The highest BCUT2D eigenvalue weighted by Gasteiger charge is 2.34. The zero-order valence-electron chi connectivity index (χ0n) is 19.8. The summed E-state index contributed by atoms with van der Waals surface area (Å²) < 4.78 is 47.0. The highest BCUT2D eigenvalue weighted by molar-refractivity contribution is 6.08. The van der Waals surface area contributed by atoms with Crippen molar-refractivity contribution in [3.05, 3.63) is 66.1 Å². The number of halogens is 3. The molecule has 0 aliphatic rings. The third-order valence-corrected chi connectivity index (χ3v) is 5.57. The lowest BCUT2D eigenvalue weighted by Gasteiger charge is -2.22. The summed E-state index contributed by atoms with van der Waals surface area (Å²) in [6, 6.07) is 9.62. The molecule has 4 rings (SSSR count). The molecule has 0 radical (unpaired) electrons. The van der Waals surface area contributed by atoms with Crippen LogP contribution in [-0.2, 0) is 11.0 Å². The number of pyridine rings is 1. The Bertz CT molecular complexity index is 1390. The van der Waals surface area contributed by atoms with Gasteiger partial charge in [0.2, 0.25) is 5.91 Å². The summed E-state index contributed by atoms with van der Waals surface area (Å²) in [7, 11) is 0. The van der Waals surface area contributed by atoms with Crippen molar-refractivity contribution in [3.63, 3.8) is 0 Å². The molecule has 3 aromatic heterocycles. The molecule has 2 amide bonds. The lowest BCUT2D eigenvalue weighted by molar-refractivity contribution is -0.137. The highest BCUT2D eigenvalue weighted by Crippen LogP contribution is 2.34. The van der Waals surface area contributed by atoms with Gasteiger partial charge in [0.15, 0.2) is 11.4 Å². The van der Waals surface area contributed by atoms with Crippen molar-refractivity contribution in [2.45, 2.75) is 33.0 Å². The molecule has 1 aromatic carbocycles. The van der Waals surface area contributed by atoms with Crippen LogP contribution in [0, 0.1) is 0 Å². The van der Waals surface area contributed by atoms with Gasteiger partial charge >= 0.3 is 6.18 Å². The molecule has 36 heavy (non-hydrogen) atoms. The van der Waals surface area contributed by atoms with E-state index in [0.29, 0.717) is 22.5 Å². The molecule has 4 aromatic rings. The van der Waals surface area contributed by atoms with E-state index in [1.165, 1.54) is 35.6 Å². The fraction of sp³-hybridized carbons (Fsp3) is 0.280. The number of fused-ring (bicyclic) bond motifs is 1. The minimum atomic E-state index is -4.63. The number of anilines is 1. The van der Waals surface area contributed by atoms with Crippen LogP contribution in [0.3, 0.4) is 0 Å². The summed E-state index contributed by atoms with van der Waals surface area (Å²) in [5.41, 5.74) is -0.195. The minimum absolute atomic E-state index is 0.0356. The Hall–Kier alpha value is -4.15. The van der Waals surface area contributed by atoms with Gasteiger partial charge in [-0.2, -0.15) is 18.3 Å². The third kappa shape index (κ3) is 4.95. The number of nitrogens with zero attached hydrogens (tertiary/aromatic N) is 4. The largest absolute Gasteiger partial charge is 0.463 e. The van der Waals surface area contributed by atoms with Crippen molar-refractivity contribution in [2.24, 2.45) is 0 Å². The molecule has 3 heterocycles. The quantitative estimate of drug-likeness (QED) is 0.368. The first-order valence-corrected chi connectivity index (χ1v) is 11.3. The van der Waals surface area contributed by atoms with Gasteiger partial charge in [0.1, 0.15) is 12.2 Å². The molecule has 188 valence electrons. The minimum Gasteiger partial charge on any atom is -0.463 e. The summed E-state index contributed by atoms with van der Waals surface area (Å²) in [5.74, 6) is -0.788. The predicted molar refractivity (Wildman–Crippen MR) is 127 cm³/mol. The molecule has 1 N–H and O–H groups in total. The molecule has 0 fully saturated rings. The van der Waals surface area contributed by atoms with Gasteiger partial charge in [0, 0.05) is 12.6 Å². The van der Waals surface area contributed by atoms with E-state index < -0.39 is 30.1 Å². The van der Waals surface area contributed by atoms with Gasteiger partial charge in [-0.25, -0.2) is 9.67 Å². The summed E-state index contributed by atoms with van der Waals surface area (Å²) in [4.78, 5) is 32.1. The number of hydrogen-bond donors (Lipinski definition) is 1. The number of rotatable bonds is 7. The molecule has 11 heteroatoms. The zero-order valence-corrected chi connectivity index (χ0v) is 19.8. The standard InChI is InChI=1S/C25H24F3N5O3/c1-4-32(14-22(34)30-19-9-6-5-8-18(19)25(26,27)28)24(35)16-12-20(21-10-7-11-36-21)31-23-17(16)13-29-33(23)15(2)3/h5-13,15H,4,14H2,1-3H3,(H,30,34). The third-order valence-electron chi connectivity index (χ3n) is 5.57. The molecule has 0 saturated heterocycles. The van der Waals surface area contributed by atoms with Gasteiger partial charge in [-0.15, -0.1) is 0 Å². The first kappa shape index (κ1) is 25.0. The van der Waals surface area contributed by atoms with E-state index in [4.69, 9.17) is 4.42 Å². The number of benzene rings is 1. The van der Waals surface area contributed by atoms with Crippen LogP contribution in [0.2, 0.25) is 0 Å². The van der Waals surface area contributed by atoms with Gasteiger partial charge in [-0.05, 0) is 51.1 Å². The van der Waals surface area contributed by atoms with Crippen molar-refractivity contribution in [3.8, 4) is 11.5 Å². The number of amides is 2. The van der Waals surface area contributed by atoms with E-state index in [9.17, 15) is 22.8 Å². The molecule has 0 aliphatic heterocycles. The van der Waals surface area contributed by atoms with E-state index >= 15 is 0 Å². The lowest BCUT2D eigenvalue weighted by Crippen LogP contribution is -2.38. The van der Waals surface area contributed by atoms with Crippen LogP contribution in [0.4, 0.5) is 18.9 Å². The maximum absolute atomic E-state index is 13.6. The predicted octanol–water partition coefficient (Wildman–Crippen LogP) is 5.39. The number of alkyl halides is 3. The second-order valence-corrected chi connectivity index (χ2v) is 8.36. The Morgan fingerprint density at radius 3 is 2.56 bits per heavy atom. The fourth-order valence-corrected chi connectivity index (χ4v) is 3.82. The second kappa shape index (κ2) is 9.84. The first-order chi connectivity index (χ1) is 17.1. The maximum Gasteiger partial charge on any atom is 0.418 e. The Kier molecular flexibility index (Phi) is 6.82. The van der Waals surface area contributed by atoms with Gasteiger partial charge in [0.05, 0.1) is 34.7 Å². The molecular weight excluding hydrogens is 475 g/mol. The van der Waals surface area contributed by atoms with Gasteiger partial charge < -0.3 is 14.6 Å². The van der Waals surface area contributed by atoms with Crippen LogP contribution < -0.4 is 5.32 Å². The number of nitrogens with one attached hydrogen (secondary N) is 1. The topological polar surface area (TPSA) is 93.3 Å². The van der Waals surface area contributed by atoms with Crippen molar-refractivity contribution in [2.75, 3.05) is 18.4 Å². The van der Waals surface area contributed by atoms with Crippen LogP contribution in [0.5, 0.6) is 0 Å². The van der Waals surface area contributed by atoms with Crippen molar-refractivity contribution in [1.29, 1.82) is 0 Å². The number of furan rings is 1. The average Bonchev–Trinajstić information content (AvgIpc) is 3.51. The number of para-hydroxylation sites is 1. The van der Waals surface area contributed by atoms with E-state index in [-0.39, 0.29) is 23.8 Å². The Morgan fingerprint density at radius 1 is 1.17 bits per heavy atom. The monoisotopic (exact) mass is 499 g/mol. The molecule has 0 atom stereocenters. The van der Waals surface area contributed by atoms with Crippen LogP contribution in [-0.4, -0.2) is 44.6 Å². The van der Waals surface area contributed by atoms with E-state index in [2.05, 4.69) is 15.4 Å². The number of hydrogen-bond acceptors (Lipinski definition) is 5. The summed E-state index contributed by atoms with van der Waals surface area (Å²) in [6.07, 6.45) is -1.61. The molecular formula is C25H24F3N5O3. The number of carbonyl (C=O) groups is 2. The highest BCUT2D eigenvalue weighted by atomic mass is 19.4. The number of aromatic nitrogens is 3. The van der Waals surface area contributed by atoms with Crippen LogP contribution >= 0.6 is 0 Å². The van der Waals surface area contributed by atoms with Crippen LogP contribution in [0.15, 0.2) is 59.3 Å². The van der Waals surface area contributed by atoms with E-state index in [1.54, 1.807) is 29.8 Å². The molecule has 0 bridgehead atoms. The Morgan fingerprint density at radius 2 is 1.92 bits per heavy atom. The summed E-state index contributed by atoms with van der Waals surface area (Å²) >= 11 is 0. The number of carbonyl (C=O) groups excluding carboxylic acids is 2. The molecule has 0 unspecified atom stereocenters. The molecule has 0 aliphatic carbocycles. The van der Waals surface area contributed by atoms with Gasteiger partial charge in [-0.1, -0.05) is 12.1 Å². The Balaban J connectivity index is 1.66. The average molecular weight is 499 g/mol. The number of likely N-dealkylation sites (N-methyl/N-ethyl adjacent to an activating group) is 1. The van der Waals surface area contributed by atoms with E-state index in [0.717, 1.165) is 6.07 Å².